The molecule has 0 radical (unpaired) electrons. The maximum Gasteiger partial charge on any atom is 0.226 e. The molecule has 0 saturated heterocycles. The number of aryl methyl sites for hydroxylation is 1. The van der Waals surface area contributed by atoms with Crippen molar-refractivity contribution in [3.05, 3.63) is 42.0 Å². The fourth-order valence-electron chi connectivity index (χ4n) is 1.62. The van der Waals surface area contributed by atoms with Gasteiger partial charge in [0.25, 0.3) is 0 Å². The Bertz CT molecular complexity index is 598. The van der Waals surface area contributed by atoms with E-state index in [-0.39, 0.29) is 12.3 Å². The van der Waals surface area contributed by atoms with Crippen LogP contribution in [0.15, 0.2) is 30.5 Å². The van der Waals surface area contributed by atoms with E-state index in [0.29, 0.717) is 17.9 Å². The van der Waals surface area contributed by atoms with Crippen LogP contribution >= 0.6 is 0 Å². The van der Waals surface area contributed by atoms with Crippen LogP contribution in [0.3, 0.4) is 0 Å². The van der Waals surface area contributed by atoms with Gasteiger partial charge in [-0.3, -0.25) is 9.48 Å². The molecule has 6 nitrogen and oxygen atoms in total. The minimum absolute atomic E-state index is 0.180. The van der Waals surface area contributed by atoms with Gasteiger partial charge >= 0.3 is 0 Å². The number of carbonyl (C=O) groups excluding carboxylic acids is 1. The highest BCUT2D eigenvalue weighted by molar-refractivity contribution is 5.90. The standard InChI is InChI=1S/C13H15FN4O2/c1-9(19)12-8-18(17-16-12)6-5-13(20)15-11-4-2-3-10(14)7-11/h2-4,7-9,19H,5-6H2,1H3,(H,15,20). The van der Waals surface area contributed by atoms with E-state index in [2.05, 4.69) is 15.6 Å². The van der Waals surface area contributed by atoms with E-state index in [0.717, 1.165) is 0 Å². The number of hydrogen-bond donors (Lipinski definition) is 2. The molecular formula is C13H15FN4O2. The van der Waals surface area contributed by atoms with Crippen molar-refractivity contribution in [3.8, 4) is 0 Å². The average Bonchev–Trinajstić information content (AvgIpc) is 2.85. The van der Waals surface area contributed by atoms with Crippen LogP contribution in [0.1, 0.15) is 25.1 Å². The third-order valence-corrected chi connectivity index (χ3v) is 2.66. The first-order chi connectivity index (χ1) is 9.54. The summed E-state index contributed by atoms with van der Waals surface area (Å²) in [6.07, 6.45) is 1.07. The number of rotatable bonds is 5. The molecule has 1 atom stereocenters. The number of aromatic nitrogens is 3. The smallest absolute Gasteiger partial charge is 0.226 e. The third-order valence-electron chi connectivity index (χ3n) is 2.66. The minimum Gasteiger partial charge on any atom is -0.387 e. The van der Waals surface area contributed by atoms with Gasteiger partial charge in [0.2, 0.25) is 5.91 Å². The first kappa shape index (κ1) is 14.1. The van der Waals surface area contributed by atoms with Crippen LogP contribution in [0, 0.1) is 5.82 Å². The zero-order chi connectivity index (χ0) is 14.5. The van der Waals surface area contributed by atoms with Crippen molar-refractivity contribution in [1.82, 2.24) is 15.0 Å². The molecule has 1 aromatic carbocycles. The molecule has 0 aliphatic carbocycles. The molecule has 0 aliphatic heterocycles. The van der Waals surface area contributed by atoms with Crippen molar-refractivity contribution >= 4 is 11.6 Å². The van der Waals surface area contributed by atoms with Crippen molar-refractivity contribution in [3.63, 3.8) is 0 Å². The lowest BCUT2D eigenvalue weighted by molar-refractivity contribution is -0.116. The fourth-order valence-corrected chi connectivity index (χ4v) is 1.62. The zero-order valence-electron chi connectivity index (χ0n) is 11.0. The monoisotopic (exact) mass is 278 g/mol. The second-order valence-electron chi connectivity index (χ2n) is 4.39. The Morgan fingerprint density at radius 1 is 1.55 bits per heavy atom. The quantitative estimate of drug-likeness (QED) is 0.868. The van der Waals surface area contributed by atoms with Crippen LogP contribution < -0.4 is 5.32 Å². The van der Waals surface area contributed by atoms with Gasteiger partial charge in [-0.1, -0.05) is 11.3 Å². The Balaban J connectivity index is 1.85. The topological polar surface area (TPSA) is 80.0 Å². The van der Waals surface area contributed by atoms with E-state index in [1.54, 1.807) is 19.2 Å². The van der Waals surface area contributed by atoms with Crippen molar-refractivity contribution in [2.75, 3.05) is 5.32 Å². The number of aliphatic hydroxyl groups excluding tert-OH is 1. The molecule has 1 aromatic heterocycles. The van der Waals surface area contributed by atoms with Gasteiger partial charge in [-0.2, -0.15) is 0 Å². The normalized spacial score (nSPS) is 12.2. The van der Waals surface area contributed by atoms with E-state index >= 15 is 0 Å². The predicted molar refractivity (Wildman–Crippen MR) is 70.3 cm³/mol. The van der Waals surface area contributed by atoms with E-state index in [4.69, 9.17) is 0 Å². The SMILES string of the molecule is CC(O)c1cn(CCC(=O)Nc2cccc(F)c2)nn1. The van der Waals surface area contributed by atoms with E-state index in [1.165, 1.54) is 22.9 Å². The maximum atomic E-state index is 12.9. The Labute approximate surface area is 115 Å². The van der Waals surface area contributed by atoms with Crippen LogP contribution in [0.4, 0.5) is 10.1 Å². The minimum atomic E-state index is -0.690. The van der Waals surface area contributed by atoms with Gasteiger partial charge in [0.05, 0.1) is 18.8 Å². The van der Waals surface area contributed by atoms with Gasteiger partial charge in [-0.25, -0.2) is 4.39 Å². The summed E-state index contributed by atoms with van der Waals surface area (Å²) in [5.74, 6) is -0.648. The fraction of sp³-hybridized carbons (Fsp3) is 0.308. The first-order valence-electron chi connectivity index (χ1n) is 6.18. The number of benzene rings is 1. The number of carbonyl (C=O) groups is 1. The molecule has 2 N–H and O–H groups in total. The number of halogens is 1. The van der Waals surface area contributed by atoms with E-state index < -0.39 is 11.9 Å². The largest absolute Gasteiger partial charge is 0.387 e. The van der Waals surface area contributed by atoms with E-state index in [9.17, 15) is 14.3 Å². The molecular weight excluding hydrogens is 263 g/mol. The van der Waals surface area contributed by atoms with Crippen LogP contribution in [-0.2, 0) is 11.3 Å². The van der Waals surface area contributed by atoms with Gasteiger partial charge < -0.3 is 10.4 Å². The highest BCUT2D eigenvalue weighted by Crippen LogP contribution is 2.10. The summed E-state index contributed by atoms with van der Waals surface area (Å²) in [4.78, 5) is 11.7. The Hall–Kier alpha value is -2.28. The van der Waals surface area contributed by atoms with Gasteiger partial charge in [-0.15, -0.1) is 5.10 Å². The van der Waals surface area contributed by atoms with Crippen LogP contribution in [0.5, 0.6) is 0 Å². The maximum absolute atomic E-state index is 12.9. The van der Waals surface area contributed by atoms with Gasteiger partial charge in [-0.05, 0) is 25.1 Å². The molecule has 2 rings (SSSR count). The molecule has 2 aromatic rings. The first-order valence-corrected chi connectivity index (χ1v) is 6.18. The molecule has 1 unspecified atom stereocenters. The number of nitrogens with one attached hydrogen (secondary N) is 1. The summed E-state index contributed by atoms with van der Waals surface area (Å²) in [6, 6.07) is 5.70. The Morgan fingerprint density at radius 3 is 3.00 bits per heavy atom. The highest BCUT2D eigenvalue weighted by Gasteiger charge is 2.08. The number of hydrogen-bond acceptors (Lipinski definition) is 4. The van der Waals surface area contributed by atoms with Crippen molar-refractivity contribution in [2.24, 2.45) is 0 Å². The van der Waals surface area contributed by atoms with Crippen LogP contribution in [-0.4, -0.2) is 26.0 Å². The molecule has 0 fully saturated rings. The van der Waals surface area contributed by atoms with Crippen LogP contribution in [0.25, 0.3) is 0 Å². The summed E-state index contributed by atoms with van der Waals surface area (Å²) in [5, 5.41) is 19.5. The molecule has 0 bridgehead atoms. The Morgan fingerprint density at radius 2 is 2.35 bits per heavy atom. The lowest BCUT2D eigenvalue weighted by Gasteiger charge is -2.05. The second kappa shape index (κ2) is 6.25. The summed E-state index contributed by atoms with van der Waals surface area (Å²) in [5.41, 5.74) is 0.869. The molecule has 1 heterocycles. The molecule has 7 heteroatoms. The average molecular weight is 278 g/mol. The summed E-state index contributed by atoms with van der Waals surface area (Å²) < 4.78 is 14.4. The number of aliphatic hydroxyl groups is 1. The van der Waals surface area contributed by atoms with Gasteiger partial charge in [0, 0.05) is 12.1 Å². The summed E-state index contributed by atoms with van der Waals surface area (Å²) in [7, 11) is 0. The van der Waals surface area contributed by atoms with Crippen molar-refractivity contribution < 1.29 is 14.3 Å². The summed E-state index contributed by atoms with van der Waals surface area (Å²) in [6.45, 7) is 1.92. The molecule has 20 heavy (non-hydrogen) atoms. The Kier molecular flexibility index (Phi) is 4.41. The van der Waals surface area contributed by atoms with Gasteiger partial charge in [0.1, 0.15) is 11.5 Å². The molecule has 0 spiro atoms. The van der Waals surface area contributed by atoms with Crippen molar-refractivity contribution in [2.45, 2.75) is 26.0 Å². The molecule has 0 saturated carbocycles. The third kappa shape index (κ3) is 3.86. The lowest BCUT2D eigenvalue weighted by atomic mass is 10.3. The second-order valence-corrected chi connectivity index (χ2v) is 4.39. The highest BCUT2D eigenvalue weighted by atomic mass is 19.1. The number of nitrogens with zero attached hydrogens (tertiary/aromatic N) is 3. The number of amides is 1. The number of anilines is 1. The molecule has 0 aliphatic rings. The lowest BCUT2D eigenvalue weighted by Crippen LogP contribution is -2.14. The van der Waals surface area contributed by atoms with Gasteiger partial charge in [0.15, 0.2) is 0 Å². The zero-order valence-corrected chi connectivity index (χ0v) is 11.0. The molecule has 106 valence electrons. The van der Waals surface area contributed by atoms with Crippen molar-refractivity contribution in [1.29, 1.82) is 0 Å². The van der Waals surface area contributed by atoms with Crippen LogP contribution in [0.2, 0.25) is 0 Å². The predicted octanol–water partition coefficient (Wildman–Crippen LogP) is 1.50. The summed E-state index contributed by atoms with van der Waals surface area (Å²) >= 11 is 0. The molecule has 1 amide bonds. The van der Waals surface area contributed by atoms with E-state index in [1.807, 2.05) is 0 Å².